The minimum atomic E-state index is -0.294. The third-order valence-corrected chi connectivity index (χ3v) is 2.53. The smallest absolute Gasteiger partial charge is 0.220 e. The standard InChI is InChI=1S/C13H13FN2O2/c1-8-4-5-9(6-10(8)14)13-15-11(17-2)7-12(16-13)18-3/h4-7H,1-3H3. The van der Waals surface area contributed by atoms with Crippen LogP contribution in [-0.4, -0.2) is 24.2 Å². The minimum absolute atomic E-state index is 0.294. The fourth-order valence-electron chi connectivity index (χ4n) is 1.47. The molecule has 0 aliphatic heterocycles. The molecule has 94 valence electrons. The molecule has 0 N–H and O–H groups in total. The quantitative estimate of drug-likeness (QED) is 0.837. The van der Waals surface area contributed by atoms with Crippen molar-refractivity contribution in [1.29, 1.82) is 0 Å². The molecule has 0 radical (unpaired) electrons. The molecule has 5 heteroatoms. The molecule has 2 rings (SSSR count). The number of hydrogen-bond acceptors (Lipinski definition) is 4. The number of nitrogens with zero attached hydrogens (tertiary/aromatic N) is 2. The second-order valence-electron chi connectivity index (χ2n) is 3.74. The molecule has 0 saturated carbocycles. The van der Waals surface area contributed by atoms with E-state index in [1.165, 1.54) is 20.3 Å². The Kier molecular flexibility index (Phi) is 3.41. The van der Waals surface area contributed by atoms with Gasteiger partial charge < -0.3 is 9.47 Å². The Balaban J connectivity index is 2.51. The molecule has 18 heavy (non-hydrogen) atoms. The second kappa shape index (κ2) is 5.00. The van der Waals surface area contributed by atoms with Gasteiger partial charge >= 0.3 is 0 Å². The summed E-state index contributed by atoms with van der Waals surface area (Å²) in [5.74, 6) is 0.818. The molecule has 2 aromatic rings. The zero-order valence-electron chi connectivity index (χ0n) is 10.4. The molecule has 0 aliphatic carbocycles. The van der Waals surface area contributed by atoms with Crippen LogP contribution in [-0.2, 0) is 0 Å². The van der Waals surface area contributed by atoms with Gasteiger partial charge in [-0.25, -0.2) is 4.39 Å². The van der Waals surface area contributed by atoms with Crippen LogP contribution in [0.5, 0.6) is 11.8 Å². The number of aromatic nitrogens is 2. The van der Waals surface area contributed by atoms with Gasteiger partial charge in [0.1, 0.15) is 5.82 Å². The van der Waals surface area contributed by atoms with E-state index in [9.17, 15) is 4.39 Å². The lowest BCUT2D eigenvalue weighted by molar-refractivity contribution is 0.372. The lowest BCUT2D eigenvalue weighted by Gasteiger charge is -2.07. The molecule has 0 amide bonds. The van der Waals surface area contributed by atoms with E-state index in [0.29, 0.717) is 28.7 Å². The van der Waals surface area contributed by atoms with Crippen molar-refractivity contribution in [3.8, 4) is 23.1 Å². The maximum Gasteiger partial charge on any atom is 0.220 e. The summed E-state index contributed by atoms with van der Waals surface area (Å²) in [6.07, 6.45) is 0. The van der Waals surface area contributed by atoms with E-state index >= 15 is 0 Å². The van der Waals surface area contributed by atoms with Gasteiger partial charge in [-0.05, 0) is 18.6 Å². The van der Waals surface area contributed by atoms with Gasteiger partial charge in [-0.3, -0.25) is 0 Å². The number of hydrogen-bond donors (Lipinski definition) is 0. The minimum Gasteiger partial charge on any atom is -0.481 e. The van der Waals surface area contributed by atoms with Crippen molar-refractivity contribution in [3.05, 3.63) is 35.6 Å². The summed E-state index contributed by atoms with van der Waals surface area (Å²) in [6.45, 7) is 1.70. The number of benzene rings is 1. The molecule has 0 unspecified atom stereocenters. The lowest BCUT2D eigenvalue weighted by atomic mass is 10.1. The highest BCUT2D eigenvalue weighted by Gasteiger charge is 2.09. The summed E-state index contributed by atoms with van der Waals surface area (Å²) >= 11 is 0. The van der Waals surface area contributed by atoms with Crippen LogP contribution in [0.1, 0.15) is 5.56 Å². The molecule has 1 aromatic heterocycles. The van der Waals surface area contributed by atoms with Gasteiger partial charge in [-0.1, -0.05) is 12.1 Å². The number of halogens is 1. The first-order valence-corrected chi connectivity index (χ1v) is 5.37. The fourth-order valence-corrected chi connectivity index (χ4v) is 1.47. The third-order valence-electron chi connectivity index (χ3n) is 2.53. The van der Waals surface area contributed by atoms with Crippen molar-refractivity contribution in [3.63, 3.8) is 0 Å². The first kappa shape index (κ1) is 12.3. The van der Waals surface area contributed by atoms with Crippen molar-refractivity contribution in [2.24, 2.45) is 0 Å². The van der Waals surface area contributed by atoms with E-state index in [2.05, 4.69) is 9.97 Å². The summed E-state index contributed by atoms with van der Waals surface area (Å²) in [7, 11) is 3.00. The molecule has 1 aromatic carbocycles. The fraction of sp³-hybridized carbons (Fsp3) is 0.231. The van der Waals surface area contributed by atoms with Gasteiger partial charge in [-0.15, -0.1) is 0 Å². The van der Waals surface area contributed by atoms with Crippen molar-refractivity contribution < 1.29 is 13.9 Å². The first-order chi connectivity index (χ1) is 8.63. The van der Waals surface area contributed by atoms with Crippen LogP contribution in [0.15, 0.2) is 24.3 Å². The highest BCUT2D eigenvalue weighted by atomic mass is 19.1. The van der Waals surface area contributed by atoms with Crippen LogP contribution in [0.25, 0.3) is 11.4 Å². The van der Waals surface area contributed by atoms with Crippen molar-refractivity contribution in [2.45, 2.75) is 6.92 Å². The van der Waals surface area contributed by atoms with Crippen LogP contribution in [0, 0.1) is 12.7 Å². The Morgan fingerprint density at radius 2 is 1.61 bits per heavy atom. The summed E-state index contributed by atoms with van der Waals surface area (Å²) in [4.78, 5) is 8.32. The van der Waals surface area contributed by atoms with Crippen LogP contribution in [0.3, 0.4) is 0 Å². The highest BCUT2D eigenvalue weighted by molar-refractivity contribution is 5.57. The predicted octanol–water partition coefficient (Wildman–Crippen LogP) is 2.61. The molecule has 0 fully saturated rings. The van der Waals surface area contributed by atoms with Gasteiger partial charge in [0, 0.05) is 5.56 Å². The molecule has 0 bridgehead atoms. The number of rotatable bonds is 3. The van der Waals surface area contributed by atoms with E-state index in [0.717, 1.165) is 0 Å². The number of aryl methyl sites for hydroxylation is 1. The maximum atomic E-state index is 13.5. The van der Waals surface area contributed by atoms with Gasteiger partial charge in [0.15, 0.2) is 5.82 Å². The summed E-state index contributed by atoms with van der Waals surface area (Å²) < 4.78 is 23.6. The zero-order chi connectivity index (χ0) is 13.1. The summed E-state index contributed by atoms with van der Waals surface area (Å²) in [5, 5.41) is 0. The van der Waals surface area contributed by atoms with Crippen molar-refractivity contribution >= 4 is 0 Å². The van der Waals surface area contributed by atoms with Crippen LogP contribution < -0.4 is 9.47 Å². The molecule has 4 nitrogen and oxygen atoms in total. The van der Waals surface area contributed by atoms with Crippen molar-refractivity contribution in [2.75, 3.05) is 14.2 Å². The molecule has 0 spiro atoms. The van der Waals surface area contributed by atoms with Gasteiger partial charge in [0.2, 0.25) is 11.8 Å². The Labute approximate surface area is 104 Å². The summed E-state index contributed by atoms with van der Waals surface area (Å²) in [5.41, 5.74) is 1.16. The van der Waals surface area contributed by atoms with E-state index in [1.807, 2.05) is 0 Å². The molecular formula is C13H13FN2O2. The highest BCUT2D eigenvalue weighted by Crippen LogP contribution is 2.23. The van der Waals surface area contributed by atoms with Gasteiger partial charge in [-0.2, -0.15) is 9.97 Å². The molecule has 0 aliphatic rings. The SMILES string of the molecule is COc1cc(OC)nc(-c2ccc(C)c(F)c2)n1. The average Bonchev–Trinajstić information content (AvgIpc) is 2.41. The van der Waals surface area contributed by atoms with Crippen LogP contribution in [0.4, 0.5) is 4.39 Å². The number of methoxy groups -OCH3 is 2. The molecule has 0 atom stereocenters. The summed E-state index contributed by atoms with van der Waals surface area (Å²) in [6, 6.07) is 6.39. The first-order valence-electron chi connectivity index (χ1n) is 5.37. The Morgan fingerprint density at radius 1 is 1.00 bits per heavy atom. The second-order valence-corrected chi connectivity index (χ2v) is 3.74. The van der Waals surface area contributed by atoms with E-state index in [-0.39, 0.29) is 5.82 Å². The lowest BCUT2D eigenvalue weighted by Crippen LogP contribution is -1.97. The Morgan fingerprint density at radius 3 is 2.11 bits per heavy atom. The topological polar surface area (TPSA) is 44.2 Å². The zero-order valence-corrected chi connectivity index (χ0v) is 10.4. The Bertz CT molecular complexity index is 551. The molecule has 1 heterocycles. The van der Waals surface area contributed by atoms with Gasteiger partial charge in [0.25, 0.3) is 0 Å². The van der Waals surface area contributed by atoms with Crippen LogP contribution >= 0.6 is 0 Å². The van der Waals surface area contributed by atoms with Crippen molar-refractivity contribution in [1.82, 2.24) is 9.97 Å². The van der Waals surface area contributed by atoms with E-state index < -0.39 is 0 Å². The van der Waals surface area contributed by atoms with E-state index in [4.69, 9.17) is 9.47 Å². The van der Waals surface area contributed by atoms with Crippen LogP contribution in [0.2, 0.25) is 0 Å². The monoisotopic (exact) mass is 248 g/mol. The largest absolute Gasteiger partial charge is 0.481 e. The van der Waals surface area contributed by atoms with E-state index in [1.54, 1.807) is 25.1 Å². The normalized spacial score (nSPS) is 10.2. The third kappa shape index (κ3) is 2.40. The molecule has 0 saturated heterocycles. The van der Waals surface area contributed by atoms with Gasteiger partial charge in [0.05, 0.1) is 20.3 Å². The predicted molar refractivity (Wildman–Crippen MR) is 65.3 cm³/mol. The maximum absolute atomic E-state index is 13.5. The number of ether oxygens (including phenoxy) is 2. The Hall–Kier alpha value is -2.17. The average molecular weight is 248 g/mol. The molecular weight excluding hydrogens is 235 g/mol.